The number of hydrogen-bond acceptors (Lipinski definition) is 3. The lowest BCUT2D eigenvalue weighted by atomic mass is 9.82. The van der Waals surface area contributed by atoms with Gasteiger partial charge in [-0.3, -0.25) is 0 Å². The zero-order chi connectivity index (χ0) is 14.2. The molecule has 1 aromatic carbocycles. The second kappa shape index (κ2) is 8.71. The molecule has 0 heterocycles. The molecular formula is C17H26O2S. The van der Waals surface area contributed by atoms with Gasteiger partial charge >= 0.3 is 0 Å². The average molecular weight is 294 g/mol. The Kier molecular flexibility index (Phi) is 6.91. The smallest absolute Gasteiger partial charge is 0.147 e. The van der Waals surface area contributed by atoms with Gasteiger partial charge in [-0.05, 0) is 31.6 Å². The first kappa shape index (κ1) is 15.9. The van der Waals surface area contributed by atoms with Crippen LogP contribution in [0, 0.1) is 5.92 Å². The van der Waals surface area contributed by atoms with Crippen LogP contribution in [-0.4, -0.2) is 24.9 Å². The maximum absolute atomic E-state index is 6.10. The molecular weight excluding hydrogens is 268 g/mol. The first-order valence-electron chi connectivity index (χ1n) is 7.64. The van der Waals surface area contributed by atoms with Crippen LogP contribution in [-0.2, 0) is 9.47 Å². The Morgan fingerprint density at radius 3 is 2.65 bits per heavy atom. The number of hydrogen-bond donors (Lipinski definition) is 0. The van der Waals surface area contributed by atoms with Crippen molar-refractivity contribution in [1.82, 2.24) is 0 Å². The molecule has 1 unspecified atom stereocenters. The molecule has 1 aliphatic carbocycles. The molecule has 1 fully saturated rings. The van der Waals surface area contributed by atoms with Crippen molar-refractivity contribution in [3.63, 3.8) is 0 Å². The Bertz CT molecular complexity index is 369. The largest absolute Gasteiger partial charge is 0.356 e. The van der Waals surface area contributed by atoms with E-state index in [0.717, 1.165) is 0 Å². The first-order valence-corrected chi connectivity index (χ1v) is 8.92. The molecule has 0 radical (unpaired) electrons. The van der Waals surface area contributed by atoms with E-state index in [2.05, 4.69) is 36.6 Å². The summed E-state index contributed by atoms with van der Waals surface area (Å²) in [4.78, 5) is 0. The van der Waals surface area contributed by atoms with Gasteiger partial charge in [0.25, 0.3) is 0 Å². The molecule has 0 aromatic heterocycles. The van der Waals surface area contributed by atoms with Crippen LogP contribution in [0.4, 0.5) is 0 Å². The van der Waals surface area contributed by atoms with Gasteiger partial charge in [0.1, 0.15) is 6.79 Å². The molecule has 0 amide bonds. The fourth-order valence-electron chi connectivity index (χ4n) is 3.08. The third-order valence-corrected chi connectivity index (χ3v) is 5.30. The summed E-state index contributed by atoms with van der Waals surface area (Å²) in [6.07, 6.45) is 7.65. The lowest BCUT2D eigenvalue weighted by molar-refractivity contribution is -0.109. The standard InChI is InChI=1S/C17H26O2S/c1-3-18-13-19-17(14-9-5-4-6-10-14)15-11-7-8-12-16(15)20-2/h4-6,9-10,15-17H,3,7-8,11-13H2,1-2H3/t15-,16-,17?/m1/s1. The second-order valence-corrected chi connectivity index (χ2v) is 6.41. The quantitative estimate of drug-likeness (QED) is 0.538. The van der Waals surface area contributed by atoms with Gasteiger partial charge in [0.05, 0.1) is 6.10 Å². The topological polar surface area (TPSA) is 18.5 Å². The van der Waals surface area contributed by atoms with Gasteiger partial charge in [0.2, 0.25) is 0 Å². The molecule has 2 nitrogen and oxygen atoms in total. The van der Waals surface area contributed by atoms with E-state index in [1.165, 1.54) is 31.2 Å². The number of thioether (sulfide) groups is 1. The lowest BCUT2D eigenvalue weighted by Crippen LogP contribution is -2.29. The van der Waals surface area contributed by atoms with E-state index in [1.807, 2.05) is 18.7 Å². The van der Waals surface area contributed by atoms with E-state index in [-0.39, 0.29) is 6.10 Å². The molecule has 0 aliphatic heterocycles. The Labute approximate surface area is 127 Å². The number of benzene rings is 1. The highest BCUT2D eigenvalue weighted by Crippen LogP contribution is 2.41. The molecule has 112 valence electrons. The molecule has 1 aromatic rings. The summed E-state index contributed by atoms with van der Waals surface area (Å²) in [5.74, 6) is 0.599. The molecule has 1 saturated carbocycles. The van der Waals surface area contributed by atoms with Crippen LogP contribution in [0.15, 0.2) is 30.3 Å². The van der Waals surface area contributed by atoms with Crippen LogP contribution < -0.4 is 0 Å². The van der Waals surface area contributed by atoms with E-state index in [4.69, 9.17) is 9.47 Å². The summed E-state index contributed by atoms with van der Waals surface area (Å²) < 4.78 is 11.5. The molecule has 0 spiro atoms. The summed E-state index contributed by atoms with van der Waals surface area (Å²) in [5.41, 5.74) is 1.29. The van der Waals surface area contributed by atoms with Crippen molar-refractivity contribution in [3.8, 4) is 0 Å². The molecule has 3 atom stereocenters. The van der Waals surface area contributed by atoms with Gasteiger partial charge in [-0.25, -0.2) is 0 Å². The van der Waals surface area contributed by atoms with Crippen molar-refractivity contribution >= 4 is 11.8 Å². The molecule has 2 rings (SSSR count). The highest BCUT2D eigenvalue weighted by atomic mass is 32.2. The zero-order valence-electron chi connectivity index (χ0n) is 12.6. The molecule has 0 bridgehead atoms. The van der Waals surface area contributed by atoms with E-state index in [0.29, 0.717) is 24.6 Å². The van der Waals surface area contributed by atoms with Gasteiger partial charge in [0.15, 0.2) is 0 Å². The molecule has 3 heteroatoms. The average Bonchev–Trinajstić information content (AvgIpc) is 2.52. The van der Waals surface area contributed by atoms with Crippen LogP contribution in [0.2, 0.25) is 0 Å². The van der Waals surface area contributed by atoms with Gasteiger partial charge in [0, 0.05) is 17.8 Å². The van der Waals surface area contributed by atoms with E-state index < -0.39 is 0 Å². The zero-order valence-corrected chi connectivity index (χ0v) is 13.4. The fraction of sp³-hybridized carbons (Fsp3) is 0.647. The van der Waals surface area contributed by atoms with Gasteiger partial charge in [-0.2, -0.15) is 11.8 Å². The van der Waals surface area contributed by atoms with Gasteiger partial charge in [-0.1, -0.05) is 43.2 Å². The van der Waals surface area contributed by atoms with E-state index >= 15 is 0 Å². The van der Waals surface area contributed by atoms with Crippen molar-refractivity contribution in [3.05, 3.63) is 35.9 Å². The maximum Gasteiger partial charge on any atom is 0.147 e. The van der Waals surface area contributed by atoms with Gasteiger partial charge in [-0.15, -0.1) is 0 Å². The van der Waals surface area contributed by atoms with Crippen molar-refractivity contribution in [2.75, 3.05) is 19.7 Å². The van der Waals surface area contributed by atoms with Gasteiger partial charge < -0.3 is 9.47 Å². The summed E-state index contributed by atoms with van der Waals surface area (Å²) in [6.45, 7) is 3.11. The third kappa shape index (κ3) is 4.24. The van der Waals surface area contributed by atoms with Crippen molar-refractivity contribution in [2.45, 2.75) is 44.0 Å². The maximum atomic E-state index is 6.10. The van der Waals surface area contributed by atoms with Crippen LogP contribution in [0.25, 0.3) is 0 Å². The lowest BCUT2D eigenvalue weighted by Gasteiger charge is -2.36. The summed E-state index contributed by atoms with van der Waals surface area (Å²) >= 11 is 2.00. The van der Waals surface area contributed by atoms with Crippen LogP contribution in [0.3, 0.4) is 0 Å². The molecule has 1 aliphatic rings. The molecule has 0 saturated heterocycles. The van der Waals surface area contributed by atoms with Crippen molar-refractivity contribution in [2.24, 2.45) is 5.92 Å². The predicted octanol–water partition coefficient (Wildman–Crippen LogP) is 4.66. The minimum Gasteiger partial charge on any atom is -0.356 e. The Balaban J connectivity index is 2.12. The molecule has 0 N–H and O–H groups in total. The first-order chi connectivity index (χ1) is 9.86. The minimum atomic E-state index is 0.167. The Hall–Kier alpha value is -0.510. The van der Waals surface area contributed by atoms with Crippen LogP contribution in [0.5, 0.6) is 0 Å². The number of ether oxygens (including phenoxy) is 2. The monoisotopic (exact) mass is 294 g/mol. The summed E-state index contributed by atoms with van der Waals surface area (Å²) in [7, 11) is 0. The SMILES string of the molecule is CCOCOC(c1ccccc1)[C@@H]1CCCC[C@H]1SC. The highest BCUT2D eigenvalue weighted by Gasteiger charge is 2.33. The van der Waals surface area contributed by atoms with Crippen molar-refractivity contribution in [1.29, 1.82) is 0 Å². The molecule has 20 heavy (non-hydrogen) atoms. The summed E-state index contributed by atoms with van der Waals surface area (Å²) in [5, 5.41) is 0.704. The van der Waals surface area contributed by atoms with Crippen LogP contribution in [0.1, 0.15) is 44.3 Å². The van der Waals surface area contributed by atoms with E-state index in [1.54, 1.807) is 0 Å². The highest BCUT2D eigenvalue weighted by molar-refractivity contribution is 7.99. The normalized spacial score (nSPS) is 24.5. The van der Waals surface area contributed by atoms with Crippen molar-refractivity contribution < 1.29 is 9.47 Å². The van der Waals surface area contributed by atoms with Crippen LogP contribution >= 0.6 is 11.8 Å². The predicted molar refractivity (Wildman–Crippen MR) is 86.0 cm³/mol. The second-order valence-electron chi connectivity index (χ2n) is 5.33. The number of rotatable bonds is 7. The Morgan fingerprint density at radius 1 is 1.20 bits per heavy atom. The third-order valence-electron chi connectivity index (χ3n) is 4.11. The van der Waals surface area contributed by atoms with E-state index in [9.17, 15) is 0 Å². The minimum absolute atomic E-state index is 0.167. The summed E-state index contributed by atoms with van der Waals surface area (Å²) in [6, 6.07) is 10.6. The fourth-order valence-corrected chi connectivity index (χ4v) is 4.11. The Morgan fingerprint density at radius 2 is 1.95 bits per heavy atom.